The summed E-state index contributed by atoms with van der Waals surface area (Å²) in [6, 6.07) is 13.6. The van der Waals surface area contributed by atoms with E-state index in [1.54, 1.807) is 11.8 Å². The first kappa shape index (κ1) is 16.4. The van der Waals surface area contributed by atoms with Crippen LogP contribution in [0, 0.1) is 13.8 Å². The molecule has 0 aliphatic rings. The summed E-state index contributed by atoms with van der Waals surface area (Å²) in [6.07, 6.45) is 1.97. The zero-order valence-electron chi connectivity index (χ0n) is 13.2. The van der Waals surface area contributed by atoms with E-state index in [-0.39, 0.29) is 5.91 Å². The van der Waals surface area contributed by atoms with Crippen LogP contribution in [0.3, 0.4) is 0 Å². The second-order valence-electron chi connectivity index (χ2n) is 5.00. The quantitative estimate of drug-likeness (QED) is 0.650. The third-order valence-corrected chi connectivity index (χ3v) is 4.35. The van der Waals surface area contributed by atoms with E-state index in [2.05, 4.69) is 18.3 Å². The van der Waals surface area contributed by atoms with Crippen molar-refractivity contribution < 1.29 is 9.53 Å². The second-order valence-corrected chi connectivity index (χ2v) is 5.85. The maximum Gasteiger partial charge on any atom is 0.252 e. The van der Waals surface area contributed by atoms with Crippen molar-refractivity contribution in [2.24, 2.45) is 0 Å². The molecule has 0 aliphatic heterocycles. The molecule has 116 valence electrons. The van der Waals surface area contributed by atoms with Gasteiger partial charge in [-0.1, -0.05) is 24.3 Å². The van der Waals surface area contributed by atoms with Crippen molar-refractivity contribution >= 4 is 17.7 Å². The van der Waals surface area contributed by atoms with Gasteiger partial charge in [-0.3, -0.25) is 4.79 Å². The van der Waals surface area contributed by atoms with Crippen LogP contribution in [0.1, 0.15) is 21.5 Å². The highest BCUT2D eigenvalue weighted by Gasteiger charge is 2.09. The zero-order valence-corrected chi connectivity index (χ0v) is 14.0. The lowest BCUT2D eigenvalue weighted by atomic mass is 10.1. The molecule has 0 radical (unpaired) electrons. The summed E-state index contributed by atoms with van der Waals surface area (Å²) in [5, 5.41) is 2.90. The second kappa shape index (κ2) is 7.90. The van der Waals surface area contributed by atoms with Crippen LogP contribution < -0.4 is 10.1 Å². The van der Waals surface area contributed by atoms with Crippen LogP contribution in [-0.4, -0.2) is 25.3 Å². The summed E-state index contributed by atoms with van der Waals surface area (Å²) in [5.74, 6) is 0.813. The van der Waals surface area contributed by atoms with Crippen molar-refractivity contribution in [3.8, 4) is 5.75 Å². The normalized spacial score (nSPS) is 10.3. The van der Waals surface area contributed by atoms with Gasteiger partial charge >= 0.3 is 0 Å². The van der Waals surface area contributed by atoms with Gasteiger partial charge in [-0.05, 0) is 49.4 Å². The fourth-order valence-electron chi connectivity index (χ4n) is 2.13. The van der Waals surface area contributed by atoms with E-state index < -0.39 is 0 Å². The zero-order chi connectivity index (χ0) is 15.9. The van der Waals surface area contributed by atoms with Crippen LogP contribution in [0.2, 0.25) is 0 Å². The van der Waals surface area contributed by atoms with Crippen LogP contribution in [0.25, 0.3) is 0 Å². The van der Waals surface area contributed by atoms with Gasteiger partial charge in [0.15, 0.2) is 0 Å². The summed E-state index contributed by atoms with van der Waals surface area (Å²) in [4.78, 5) is 13.2. The number of nitrogens with one attached hydrogen (secondary N) is 1. The lowest BCUT2D eigenvalue weighted by molar-refractivity contribution is 0.0944. The molecule has 0 heterocycles. The Labute approximate surface area is 136 Å². The highest BCUT2D eigenvalue weighted by atomic mass is 32.2. The summed E-state index contributed by atoms with van der Waals surface area (Å²) in [7, 11) is 0. The Kier molecular flexibility index (Phi) is 5.90. The molecule has 0 bridgehead atoms. The van der Waals surface area contributed by atoms with E-state index in [0.29, 0.717) is 18.7 Å². The van der Waals surface area contributed by atoms with Gasteiger partial charge in [0, 0.05) is 4.90 Å². The fourth-order valence-corrected chi connectivity index (χ4v) is 2.73. The predicted octanol–water partition coefficient (Wildman–Crippen LogP) is 3.83. The largest absolute Gasteiger partial charge is 0.491 e. The highest BCUT2D eigenvalue weighted by Crippen LogP contribution is 2.21. The van der Waals surface area contributed by atoms with Crippen molar-refractivity contribution in [1.29, 1.82) is 0 Å². The number of aryl methyl sites for hydroxylation is 1. The average molecular weight is 315 g/mol. The minimum atomic E-state index is -0.0606. The van der Waals surface area contributed by atoms with Crippen LogP contribution in [0.4, 0.5) is 0 Å². The molecule has 0 atom stereocenters. The van der Waals surface area contributed by atoms with Gasteiger partial charge in [-0.25, -0.2) is 0 Å². The highest BCUT2D eigenvalue weighted by molar-refractivity contribution is 7.98. The topological polar surface area (TPSA) is 38.3 Å². The number of ether oxygens (including phenoxy) is 1. The van der Waals surface area contributed by atoms with Crippen LogP contribution in [0.5, 0.6) is 5.75 Å². The molecule has 0 saturated carbocycles. The number of rotatable bonds is 6. The van der Waals surface area contributed by atoms with Crippen LogP contribution in [-0.2, 0) is 0 Å². The fraction of sp³-hybridized carbons (Fsp3) is 0.278. The maximum absolute atomic E-state index is 12.2. The predicted molar refractivity (Wildman–Crippen MR) is 92.0 cm³/mol. The first-order chi connectivity index (χ1) is 10.6. The standard InChI is InChI=1S/C18H21NO2S/c1-13-7-6-9-16(14(13)2)21-12-11-19-18(20)15-8-4-5-10-17(15)22-3/h4-10H,11-12H2,1-3H3,(H,19,20). The summed E-state index contributed by atoms with van der Waals surface area (Å²) in [5.41, 5.74) is 3.05. The summed E-state index contributed by atoms with van der Waals surface area (Å²) < 4.78 is 5.74. The van der Waals surface area contributed by atoms with E-state index in [1.165, 1.54) is 5.56 Å². The lowest BCUT2D eigenvalue weighted by Gasteiger charge is -2.12. The van der Waals surface area contributed by atoms with Gasteiger partial charge in [0.25, 0.3) is 5.91 Å². The Morgan fingerprint density at radius 2 is 1.91 bits per heavy atom. The first-order valence-corrected chi connectivity index (χ1v) is 8.46. The van der Waals surface area contributed by atoms with Gasteiger partial charge in [-0.2, -0.15) is 0 Å². The third-order valence-electron chi connectivity index (χ3n) is 3.55. The smallest absolute Gasteiger partial charge is 0.252 e. The summed E-state index contributed by atoms with van der Waals surface area (Å²) in [6.45, 7) is 5.04. The minimum Gasteiger partial charge on any atom is -0.491 e. The van der Waals surface area contributed by atoms with E-state index in [0.717, 1.165) is 16.2 Å². The van der Waals surface area contributed by atoms with Gasteiger partial charge in [-0.15, -0.1) is 11.8 Å². The molecule has 0 unspecified atom stereocenters. The van der Waals surface area contributed by atoms with Gasteiger partial charge in [0.1, 0.15) is 12.4 Å². The van der Waals surface area contributed by atoms with Crippen LogP contribution in [0.15, 0.2) is 47.4 Å². The Morgan fingerprint density at radius 3 is 2.68 bits per heavy atom. The molecule has 1 amide bonds. The monoisotopic (exact) mass is 315 g/mol. The number of hydrogen-bond donors (Lipinski definition) is 1. The van der Waals surface area contributed by atoms with E-state index >= 15 is 0 Å². The molecule has 2 aromatic rings. The molecule has 4 heteroatoms. The molecule has 2 aromatic carbocycles. The molecular weight excluding hydrogens is 294 g/mol. The minimum absolute atomic E-state index is 0.0606. The summed E-state index contributed by atoms with van der Waals surface area (Å²) >= 11 is 1.57. The molecule has 0 fully saturated rings. The first-order valence-electron chi connectivity index (χ1n) is 7.23. The number of thioether (sulfide) groups is 1. The molecule has 22 heavy (non-hydrogen) atoms. The Morgan fingerprint density at radius 1 is 1.14 bits per heavy atom. The van der Waals surface area contributed by atoms with Crippen molar-refractivity contribution in [1.82, 2.24) is 5.32 Å². The number of hydrogen-bond acceptors (Lipinski definition) is 3. The molecule has 0 saturated heterocycles. The third kappa shape index (κ3) is 4.04. The molecule has 2 rings (SSSR count). The number of benzene rings is 2. The number of carbonyl (C=O) groups is 1. The van der Waals surface area contributed by atoms with Gasteiger partial charge < -0.3 is 10.1 Å². The van der Waals surface area contributed by atoms with Gasteiger partial charge in [0.2, 0.25) is 0 Å². The SMILES string of the molecule is CSc1ccccc1C(=O)NCCOc1cccc(C)c1C. The molecule has 1 N–H and O–H groups in total. The molecule has 0 aromatic heterocycles. The van der Waals surface area contributed by atoms with E-state index in [9.17, 15) is 4.79 Å². The van der Waals surface area contributed by atoms with E-state index in [1.807, 2.05) is 49.6 Å². The van der Waals surface area contributed by atoms with E-state index in [4.69, 9.17) is 4.74 Å². The maximum atomic E-state index is 12.2. The molecule has 3 nitrogen and oxygen atoms in total. The van der Waals surface area contributed by atoms with Crippen molar-refractivity contribution in [3.63, 3.8) is 0 Å². The Bertz CT molecular complexity index is 655. The average Bonchev–Trinajstić information content (AvgIpc) is 2.55. The molecular formula is C18H21NO2S. The Balaban J connectivity index is 1.86. The lowest BCUT2D eigenvalue weighted by Crippen LogP contribution is -2.28. The molecule has 0 spiro atoms. The van der Waals surface area contributed by atoms with Gasteiger partial charge in [0.05, 0.1) is 12.1 Å². The van der Waals surface area contributed by atoms with Crippen molar-refractivity contribution in [2.45, 2.75) is 18.7 Å². The Hall–Kier alpha value is -1.94. The number of amides is 1. The molecule has 0 aliphatic carbocycles. The number of carbonyl (C=O) groups excluding carboxylic acids is 1. The van der Waals surface area contributed by atoms with Crippen molar-refractivity contribution in [3.05, 3.63) is 59.2 Å². The van der Waals surface area contributed by atoms with Crippen molar-refractivity contribution in [2.75, 3.05) is 19.4 Å². The van der Waals surface area contributed by atoms with Crippen LogP contribution >= 0.6 is 11.8 Å².